The topological polar surface area (TPSA) is 149 Å². The Labute approximate surface area is 114 Å². The van der Waals surface area contributed by atoms with Gasteiger partial charge in [-0.05, 0) is 12.8 Å². The van der Waals surface area contributed by atoms with E-state index in [0.717, 1.165) is 0 Å². The summed E-state index contributed by atoms with van der Waals surface area (Å²) in [5.74, 6) is -4.80. The molecular formula is C12H16O8. The molecule has 0 bridgehead atoms. The minimum Gasteiger partial charge on any atom is -0.478 e. The third-order valence-electron chi connectivity index (χ3n) is 1.96. The molecule has 0 radical (unpaired) electrons. The van der Waals surface area contributed by atoms with Crippen LogP contribution in [0.4, 0.5) is 0 Å². The zero-order chi connectivity index (χ0) is 16.3. The molecule has 0 saturated carbocycles. The average molecular weight is 288 g/mol. The average Bonchev–Trinajstić information content (AvgIpc) is 2.32. The van der Waals surface area contributed by atoms with Gasteiger partial charge in [0.15, 0.2) is 0 Å². The molecule has 8 nitrogen and oxygen atoms in total. The quantitative estimate of drug-likeness (QED) is 0.528. The Kier molecular flexibility index (Phi) is 10.1. The van der Waals surface area contributed by atoms with Gasteiger partial charge in [-0.2, -0.15) is 0 Å². The maximum atomic E-state index is 10.5. The minimum absolute atomic E-state index is 0.00926. The molecule has 4 N–H and O–H groups in total. The Morgan fingerprint density at radius 3 is 1.05 bits per heavy atom. The number of carboxylic acid groups (broad SMARTS) is 4. The van der Waals surface area contributed by atoms with Crippen molar-refractivity contribution in [3.63, 3.8) is 0 Å². The van der Waals surface area contributed by atoms with Crippen LogP contribution in [0.5, 0.6) is 0 Å². The fourth-order valence-corrected chi connectivity index (χ4v) is 1.13. The van der Waals surface area contributed by atoms with Crippen molar-refractivity contribution in [2.45, 2.75) is 26.7 Å². The van der Waals surface area contributed by atoms with E-state index in [2.05, 4.69) is 0 Å². The summed E-state index contributed by atoms with van der Waals surface area (Å²) in [6, 6.07) is 0. The molecule has 112 valence electrons. The molecule has 0 aromatic carbocycles. The van der Waals surface area contributed by atoms with Gasteiger partial charge in [-0.25, -0.2) is 19.2 Å². The predicted molar refractivity (Wildman–Crippen MR) is 67.3 cm³/mol. The van der Waals surface area contributed by atoms with Gasteiger partial charge >= 0.3 is 23.9 Å². The maximum Gasteiger partial charge on any atom is 0.332 e. The first-order valence-electron chi connectivity index (χ1n) is 5.49. The molecule has 0 aliphatic heterocycles. The molecule has 0 fully saturated rings. The largest absolute Gasteiger partial charge is 0.478 e. The van der Waals surface area contributed by atoms with Crippen molar-refractivity contribution in [3.8, 4) is 0 Å². The van der Waals surface area contributed by atoms with Gasteiger partial charge in [0.2, 0.25) is 0 Å². The molecule has 0 amide bonds. The van der Waals surface area contributed by atoms with Gasteiger partial charge in [-0.3, -0.25) is 0 Å². The van der Waals surface area contributed by atoms with E-state index in [4.69, 9.17) is 20.4 Å². The number of rotatable bonds is 6. The van der Waals surface area contributed by atoms with Gasteiger partial charge in [0.1, 0.15) is 0 Å². The zero-order valence-corrected chi connectivity index (χ0v) is 11.0. The molecule has 0 aromatic rings. The monoisotopic (exact) mass is 288 g/mol. The maximum absolute atomic E-state index is 10.5. The van der Waals surface area contributed by atoms with E-state index < -0.39 is 23.9 Å². The number of hydrogen-bond donors (Lipinski definition) is 4. The fourth-order valence-electron chi connectivity index (χ4n) is 1.13. The van der Waals surface area contributed by atoms with Crippen LogP contribution in [0, 0.1) is 0 Å². The fraction of sp³-hybridized carbons (Fsp3) is 0.333. The van der Waals surface area contributed by atoms with E-state index in [0.29, 0.717) is 12.2 Å². The molecule has 20 heavy (non-hydrogen) atoms. The molecule has 0 rings (SSSR count). The van der Waals surface area contributed by atoms with Crippen LogP contribution in [-0.2, 0) is 19.2 Å². The lowest BCUT2D eigenvalue weighted by Gasteiger charge is -2.03. The SMILES string of the molecule is CC/C(C(=O)O)=C(\CC)C(=O)O.O=C(O)/C=C\C(=O)O. The lowest BCUT2D eigenvalue weighted by atomic mass is 10.0. The van der Waals surface area contributed by atoms with E-state index in [9.17, 15) is 19.2 Å². The smallest absolute Gasteiger partial charge is 0.332 e. The summed E-state index contributed by atoms with van der Waals surface area (Å²) in [5, 5.41) is 32.8. The normalized spacial score (nSPS) is 11.1. The van der Waals surface area contributed by atoms with Crippen LogP contribution < -0.4 is 0 Å². The van der Waals surface area contributed by atoms with Gasteiger partial charge in [-0.15, -0.1) is 0 Å². The van der Waals surface area contributed by atoms with E-state index in [1.54, 1.807) is 13.8 Å². The third-order valence-corrected chi connectivity index (χ3v) is 1.96. The number of hydrogen-bond acceptors (Lipinski definition) is 4. The highest BCUT2D eigenvalue weighted by Crippen LogP contribution is 2.12. The van der Waals surface area contributed by atoms with Gasteiger partial charge in [-0.1, -0.05) is 13.8 Å². The Morgan fingerprint density at radius 1 is 0.700 bits per heavy atom. The lowest BCUT2D eigenvalue weighted by Crippen LogP contribution is -2.10. The first-order chi connectivity index (χ1) is 9.17. The highest BCUT2D eigenvalue weighted by atomic mass is 16.4. The Morgan fingerprint density at radius 2 is 0.950 bits per heavy atom. The van der Waals surface area contributed by atoms with E-state index in [1.165, 1.54) is 0 Å². The zero-order valence-electron chi connectivity index (χ0n) is 11.0. The summed E-state index contributed by atoms with van der Waals surface area (Å²) in [7, 11) is 0. The lowest BCUT2D eigenvalue weighted by molar-refractivity contribution is -0.136. The molecule has 0 saturated heterocycles. The van der Waals surface area contributed by atoms with Gasteiger partial charge < -0.3 is 20.4 Å². The number of carboxylic acids is 4. The van der Waals surface area contributed by atoms with Crippen LogP contribution >= 0.6 is 0 Å². The second kappa shape index (κ2) is 10.3. The predicted octanol–water partition coefficient (Wildman–Crippen LogP) is 0.984. The molecule has 0 aliphatic rings. The van der Waals surface area contributed by atoms with Crippen LogP contribution in [-0.4, -0.2) is 44.3 Å². The summed E-state index contributed by atoms with van der Waals surface area (Å²) in [6.45, 7) is 3.25. The molecule has 0 spiro atoms. The first kappa shape index (κ1) is 19.7. The number of aliphatic carboxylic acids is 4. The van der Waals surface area contributed by atoms with Gasteiger partial charge in [0.05, 0.1) is 0 Å². The molecule has 8 heteroatoms. The Hall–Kier alpha value is -2.64. The van der Waals surface area contributed by atoms with Crippen LogP contribution in [0.2, 0.25) is 0 Å². The van der Waals surface area contributed by atoms with Crippen molar-refractivity contribution in [3.05, 3.63) is 23.3 Å². The van der Waals surface area contributed by atoms with Crippen molar-refractivity contribution in [1.29, 1.82) is 0 Å². The van der Waals surface area contributed by atoms with Crippen molar-refractivity contribution in [2.75, 3.05) is 0 Å². The molecule has 0 atom stereocenters. The summed E-state index contributed by atoms with van der Waals surface area (Å²) in [6.07, 6.45) is 1.60. The highest BCUT2D eigenvalue weighted by Gasteiger charge is 2.16. The van der Waals surface area contributed by atoms with Crippen molar-refractivity contribution < 1.29 is 39.6 Å². The molecule has 0 unspecified atom stereocenters. The van der Waals surface area contributed by atoms with E-state index in [1.807, 2.05) is 0 Å². The number of carbonyl (C=O) groups is 4. The van der Waals surface area contributed by atoms with Crippen molar-refractivity contribution in [1.82, 2.24) is 0 Å². The molecular weight excluding hydrogens is 272 g/mol. The molecule has 0 aliphatic carbocycles. The summed E-state index contributed by atoms with van der Waals surface area (Å²) >= 11 is 0. The standard InChI is InChI=1S/C8H12O4.C4H4O4/c1-3-5(7(9)10)6(4-2)8(11)12;5-3(6)1-2-4(7)8/h3-4H2,1-2H3,(H,9,10)(H,11,12);1-2H,(H,5,6)(H,7,8)/b6-5-;2-1-. The Balaban J connectivity index is 0. The van der Waals surface area contributed by atoms with Crippen molar-refractivity contribution >= 4 is 23.9 Å². The summed E-state index contributed by atoms with van der Waals surface area (Å²) in [5.41, 5.74) is -0.0185. The van der Waals surface area contributed by atoms with Crippen LogP contribution in [0.3, 0.4) is 0 Å². The molecule has 0 aromatic heterocycles. The summed E-state index contributed by atoms with van der Waals surface area (Å²) in [4.78, 5) is 40.1. The van der Waals surface area contributed by atoms with E-state index >= 15 is 0 Å². The second-order valence-electron chi connectivity index (χ2n) is 3.28. The van der Waals surface area contributed by atoms with Gasteiger partial charge in [0, 0.05) is 23.3 Å². The minimum atomic E-state index is -1.26. The first-order valence-corrected chi connectivity index (χ1v) is 5.49. The molecule has 0 heterocycles. The highest BCUT2D eigenvalue weighted by molar-refractivity contribution is 5.98. The van der Waals surface area contributed by atoms with E-state index in [-0.39, 0.29) is 24.0 Å². The second-order valence-corrected chi connectivity index (χ2v) is 3.28. The summed E-state index contributed by atoms with van der Waals surface area (Å²) < 4.78 is 0. The Bertz CT molecular complexity index is 404. The van der Waals surface area contributed by atoms with Crippen LogP contribution in [0.1, 0.15) is 26.7 Å². The van der Waals surface area contributed by atoms with Gasteiger partial charge in [0.25, 0.3) is 0 Å². The van der Waals surface area contributed by atoms with Crippen molar-refractivity contribution in [2.24, 2.45) is 0 Å². The van der Waals surface area contributed by atoms with Crippen LogP contribution in [0.15, 0.2) is 23.3 Å². The third kappa shape index (κ3) is 9.40. The van der Waals surface area contributed by atoms with Crippen LogP contribution in [0.25, 0.3) is 0 Å².